The molecular weight excluding hydrogens is 352 g/mol. The van der Waals surface area contributed by atoms with Crippen LogP contribution in [0.2, 0.25) is 0 Å². The molecule has 1 heterocycles. The van der Waals surface area contributed by atoms with Gasteiger partial charge in [0.2, 0.25) is 0 Å². The van der Waals surface area contributed by atoms with Gasteiger partial charge in [0.1, 0.15) is 17.0 Å². The molecule has 2 aromatic carbocycles. The Labute approximate surface area is 165 Å². The Morgan fingerprint density at radius 2 is 1.96 bits per heavy atom. The van der Waals surface area contributed by atoms with Gasteiger partial charge < -0.3 is 14.8 Å². The van der Waals surface area contributed by atoms with Crippen molar-refractivity contribution in [3.05, 3.63) is 59.8 Å². The lowest BCUT2D eigenvalue weighted by atomic mass is 10.1. The third-order valence-electron chi connectivity index (χ3n) is 4.61. The van der Waals surface area contributed by atoms with E-state index in [0.29, 0.717) is 18.0 Å². The number of rotatable bonds is 7. The van der Waals surface area contributed by atoms with Crippen LogP contribution >= 0.6 is 0 Å². The van der Waals surface area contributed by atoms with E-state index in [4.69, 9.17) is 9.47 Å². The van der Waals surface area contributed by atoms with Gasteiger partial charge in [-0.1, -0.05) is 13.0 Å². The molecule has 146 valence electrons. The van der Waals surface area contributed by atoms with Gasteiger partial charge in [0, 0.05) is 11.6 Å². The molecule has 5 heteroatoms. The summed E-state index contributed by atoms with van der Waals surface area (Å²) in [6.07, 6.45) is 2.00. The number of hydrogen-bond donors (Lipinski definition) is 1. The highest BCUT2D eigenvalue weighted by Gasteiger charge is 2.17. The minimum absolute atomic E-state index is 0.217. The minimum atomic E-state index is -0.634. The summed E-state index contributed by atoms with van der Waals surface area (Å²) in [6.45, 7) is 8.49. The first-order valence-electron chi connectivity index (χ1n) is 9.55. The largest absolute Gasteiger partial charge is 0.491 e. The number of amides is 1. The summed E-state index contributed by atoms with van der Waals surface area (Å²) in [6, 6.07) is 13.3. The van der Waals surface area contributed by atoms with E-state index < -0.39 is 6.10 Å². The van der Waals surface area contributed by atoms with Crippen molar-refractivity contribution in [3.63, 3.8) is 0 Å². The Bertz CT molecular complexity index is 985. The van der Waals surface area contributed by atoms with E-state index in [0.717, 1.165) is 28.6 Å². The summed E-state index contributed by atoms with van der Waals surface area (Å²) < 4.78 is 11.6. The van der Waals surface area contributed by atoms with Gasteiger partial charge in [-0.25, -0.2) is 0 Å². The molecule has 3 aromatic rings. The van der Waals surface area contributed by atoms with E-state index in [2.05, 4.69) is 17.2 Å². The molecule has 0 unspecified atom stereocenters. The topological polar surface area (TPSA) is 60.5 Å². The van der Waals surface area contributed by atoms with E-state index >= 15 is 0 Å². The Morgan fingerprint density at radius 1 is 1.14 bits per heavy atom. The fraction of sp³-hybridized carbons (Fsp3) is 0.304. The Balaban J connectivity index is 1.77. The maximum Gasteiger partial charge on any atom is 0.265 e. The van der Waals surface area contributed by atoms with E-state index in [-0.39, 0.29) is 5.91 Å². The highest BCUT2D eigenvalue weighted by molar-refractivity contribution is 6.04. The SMILES string of the molecule is CCCOc1ccc(NC(=O)[C@@H](C)Oc2ccc(C)c(C)c2)c2cccnc12. The number of fused-ring (bicyclic) bond motifs is 1. The zero-order valence-electron chi connectivity index (χ0n) is 16.8. The van der Waals surface area contributed by atoms with Crippen molar-refractivity contribution in [2.24, 2.45) is 0 Å². The molecule has 0 aliphatic rings. The lowest BCUT2D eigenvalue weighted by molar-refractivity contribution is -0.122. The lowest BCUT2D eigenvalue weighted by Crippen LogP contribution is -2.30. The van der Waals surface area contributed by atoms with Crippen LogP contribution in [0.5, 0.6) is 11.5 Å². The number of ether oxygens (including phenoxy) is 2. The summed E-state index contributed by atoms with van der Waals surface area (Å²) in [5.74, 6) is 1.18. The van der Waals surface area contributed by atoms with Crippen molar-refractivity contribution in [1.82, 2.24) is 4.98 Å². The molecule has 1 aromatic heterocycles. The first-order chi connectivity index (χ1) is 13.5. The third-order valence-corrected chi connectivity index (χ3v) is 4.61. The quantitative estimate of drug-likeness (QED) is 0.625. The molecule has 1 atom stereocenters. The molecular formula is C23H26N2O3. The first-order valence-corrected chi connectivity index (χ1v) is 9.55. The number of aromatic nitrogens is 1. The van der Waals surface area contributed by atoms with Crippen molar-refractivity contribution < 1.29 is 14.3 Å². The summed E-state index contributed by atoms with van der Waals surface area (Å²) >= 11 is 0. The minimum Gasteiger partial charge on any atom is -0.491 e. The second-order valence-corrected chi connectivity index (χ2v) is 6.85. The van der Waals surface area contributed by atoms with Crippen LogP contribution in [-0.2, 0) is 4.79 Å². The van der Waals surface area contributed by atoms with Crippen molar-refractivity contribution in [1.29, 1.82) is 0 Å². The molecule has 3 rings (SSSR count). The molecule has 0 fully saturated rings. The standard InChI is InChI=1S/C23H26N2O3/c1-5-13-27-21-11-10-20(19-7-6-12-24-22(19)21)25-23(26)17(4)28-18-9-8-15(2)16(3)14-18/h6-12,14,17H,5,13H2,1-4H3,(H,25,26)/t17-/m1/s1. The van der Waals surface area contributed by atoms with Crippen LogP contribution < -0.4 is 14.8 Å². The molecule has 0 bridgehead atoms. The number of hydrogen-bond acceptors (Lipinski definition) is 4. The fourth-order valence-corrected chi connectivity index (χ4v) is 2.86. The molecule has 28 heavy (non-hydrogen) atoms. The van der Waals surface area contributed by atoms with E-state index in [1.54, 1.807) is 13.1 Å². The van der Waals surface area contributed by atoms with Crippen LogP contribution in [0.4, 0.5) is 5.69 Å². The second-order valence-electron chi connectivity index (χ2n) is 6.85. The number of nitrogens with one attached hydrogen (secondary N) is 1. The Morgan fingerprint density at radius 3 is 2.71 bits per heavy atom. The average molecular weight is 378 g/mol. The summed E-state index contributed by atoms with van der Waals surface area (Å²) in [7, 11) is 0. The number of nitrogens with zero attached hydrogens (tertiary/aromatic N) is 1. The summed E-state index contributed by atoms with van der Waals surface area (Å²) in [5, 5.41) is 3.79. The van der Waals surface area contributed by atoms with E-state index in [9.17, 15) is 4.79 Å². The maximum absolute atomic E-state index is 12.7. The molecule has 1 N–H and O–H groups in total. The normalized spacial score (nSPS) is 11.9. The van der Waals surface area contributed by atoms with E-state index in [1.807, 2.05) is 56.3 Å². The highest BCUT2D eigenvalue weighted by atomic mass is 16.5. The van der Waals surface area contributed by atoms with Crippen LogP contribution in [0.3, 0.4) is 0 Å². The number of benzene rings is 2. The average Bonchev–Trinajstić information content (AvgIpc) is 2.70. The van der Waals surface area contributed by atoms with Gasteiger partial charge in [-0.05, 0) is 74.7 Å². The van der Waals surface area contributed by atoms with Crippen molar-refractivity contribution in [3.8, 4) is 11.5 Å². The Kier molecular flexibility index (Phi) is 6.14. The molecule has 0 saturated heterocycles. The highest BCUT2D eigenvalue weighted by Crippen LogP contribution is 2.30. The molecule has 5 nitrogen and oxygen atoms in total. The van der Waals surface area contributed by atoms with E-state index in [1.165, 1.54) is 5.56 Å². The van der Waals surface area contributed by atoms with Crippen LogP contribution in [0.25, 0.3) is 10.9 Å². The molecule has 0 aliphatic carbocycles. The monoisotopic (exact) mass is 378 g/mol. The fourth-order valence-electron chi connectivity index (χ4n) is 2.86. The van der Waals surface area contributed by atoms with Crippen LogP contribution in [0, 0.1) is 13.8 Å². The number of carbonyl (C=O) groups is 1. The van der Waals surface area contributed by atoms with Gasteiger partial charge in [-0.2, -0.15) is 0 Å². The van der Waals surface area contributed by atoms with Crippen molar-refractivity contribution >= 4 is 22.5 Å². The predicted octanol–water partition coefficient (Wildman–Crippen LogP) is 5.05. The van der Waals surface area contributed by atoms with Gasteiger partial charge in [0.25, 0.3) is 5.91 Å². The predicted molar refractivity (Wildman–Crippen MR) is 112 cm³/mol. The maximum atomic E-state index is 12.7. The molecule has 0 saturated carbocycles. The van der Waals surface area contributed by atoms with Crippen LogP contribution in [0.15, 0.2) is 48.7 Å². The van der Waals surface area contributed by atoms with Gasteiger partial charge in [-0.3, -0.25) is 9.78 Å². The zero-order chi connectivity index (χ0) is 20.1. The molecule has 0 radical (unpaired) electrons. The van der Waals surface area contributed by atoms with Crippen molar-refractivity contribution in [2.75, 3.05) is 11.9 Å². The van der Waals surface area contributed by atoms with Crippen LogP contribution in [0.1, 0.15) is 31.4 Å². The second kappa shape index (κ2) is 8.74. The van der Waals surface area contributed by atoms with Crippen molar-refractivity contribution in [2.45, 2.75) is 40.2 Å². The van der Waals surface area contributed by atoms with Gasteiger partial charge in [-0.15, -0.1) is 0 Å². The number of anilines is 1. The molecule has 0 spiro atoms. The number of aryl methyl sites for hydroxylation is 2. The lowest BCUT2D eigenvalue weighted by Gasteiger charge is -2.17. The van der Waals surface area contributed by atoms with Gasteiger partial charge >= 0.3 is 0 Å². The number of carbonyl (C=O) groups excluding carboxylic acids is 1. The van der Waals surface area contributed by atoms with Gasteiger partial charge in [0.05, 0.1) is 12.3 Å². The van der Waals surface area contributed by atoms with Gasteiger partial charge in [0.15, 0.2) is 6.10 Å². The first kappa shape index (κ1) is 19.7. The third kappa shape index (κ3) is 4.42. The zero-order valence-corrected chi connectivity index (χ0v) is 16.8. The summed E-state index contributed by atoms with van der Waals surface area (Å²) in [5.41, 5.74) is 3.74. The number of pyridine rings is 1. The molecule has 0 aliphatic heterocycles. The smallest absolute Gasteiger partial charge is 0.265 e. The summed E-state index contributed by atoms with van der Waals surface area (Å²) in [4.78, 5) is 17.1. The van der Waals surface area contributed by atoms with Crippen LogP contribution in [-0.4, -0.2) is 23.6 Å². The molecule has 1 amide bonds. The Hall–Kier alpha value is -3.08.